The minimum Gasteiger partial charge on any atom is -0.490 e. The third-order valence-electron chi connectivity index (χ3n) is 5.77. The summed E-state index contributed by atoms with van der Waals surface area (Å²) in [6, 6.07) is 14.1. The molecular weight excluding hydrogens is 339 g/mol. The fourth-order valence-corrected chi connectivity index (χ4v) is 3.89. The number of aromatic nitrogens is 1. The van der Waals surface area contributed by atoms with E-state index in [2.05, 4.69) is 34.6 Å². The number of fused-ring (bicyclic) bond motifs is 1. The Labute approximate surface area is 158 Å². The van der Waals surface area contributed by atoms with Gasteiger partial charge in [-0.2, -0.15) is 0 Å². The molecule has 2 fully saturated rings. The van der Waals surface area contributed by atoms with E-state index >= 15 is 0 Å². The second-order valence-corrected chi connectivity index (χ2v) is 7.76. The zero-order valence-corrected chi connectivity index (χ0v) is 15.2. The highest BCUT2D eigenvalue weighted by Crippen LogP contribution is 2.40. The molecule has 0 aliphatic heterocycles. The maximum absolute atomic E-state index is 14.3. The summed E-state index contributed by atoms with van der Waals surface area (Å²) in [5.74, 6) is 1.57. The number of pyridine rings is 1. The summed E-state index contributed by atoms with van der Waals surface area (Å²) in [5.41, 5.74) is 2.15. The van der Waals surface area contributed by atoms with Gasteiger partial charge < -0.3 is 10.1 Å². The Hall–Kier alpha value is -2.46. The minimum absolute atomic E-state index is 0.163. The molecule has 2 aliphatic carbocycles. The Bertz CT molecular complexity index is 946. The normalized spacial score (nSPS) is 21.8. The van der Waals surface area contributed by atoms with Gasteiger partial charge in [-0.3, -0.25) is 4.98 Å². The number of hydrogen-bond acceptors (Lipinski definition) is 3. The Morgan fingerprint density at radius 2 is 1.85 bits per heavy atom. The molecule has 5 rings (SSSR count). The average Bonchev–Trinajstić information content (AvgIpc) is 3.50. The molecule has 0 spiro atoms. The van der Waals surface area contributed by atoms with E-state index in [1.54, 1.807) is 18.5 Å². The molecule has 0 radical (unpaired) electrons. The van der Waals surface area contributed by atoms with Crippen LogP contribution in [0.5, 0.6) is 5.75 Å². The van der Waals surface area contributed by atoms with E-state index in [1.807, 2.05) is 6.07 Å². The van der Waals surface area contributed by atoms with Crippen molar-refractivity contribution in [2.75, 3.05) is 0 Å². The maximum Gasteiger partial charge on any atom is 0.128 e. The Kier molecular flexibility index (Phi) is 4.29. The lowest BCUT2D eigenvalue weighted by atomic mass is 9.89. The molecule has 0 saturated heterocycles. The molecule has 0 unspecified atom stereocenters. The van der Waals surface area contributed by atoms with Crippen molar-refractivity contribution < 1.29 is 9.13 Å². The zero-order valence-electron chi connectivity index (χ0n) is 15.2. The highest BCUT2D eigenvalue weighted by molar-refractivity contribution is 5.84. The molecule has 1 heterocycles. The van der Waals surface area contributed by atoms with Crippen molar-refractivity contribution in [1.82, 2.24) is 10.3 Å². The summed E-state index contributed by atoms with van der Waals surface area (Å²) in [5, 5.41) is 5.38. The van der Waals surface area contributed by atoms with Gasteiger partial charge in [0.1, 0.15) is 17.7 Å². The number of hydrogen-bond donors (Lipinski definition) is 1. The van der Waals surface area contributed by atoms with Gasteiger partial charge in [-0.1, -0.05) is 12.1 Å². The SMILES string of the molecule is Fc1ccc2cnccc2c1CNC1CC(Oc2ccc(C3CC3)cc2)C1. The molecule has 2 aromatic carbocycles. The third kappa shape index (κ3) is 3.54. The fraction of sp³-hybridized carbons (Fsp3) is 0.348. The van der Waals surface area contributed by atoms with Gasteiger partial charge in [0.05, 0.1) is 0 Å². The molecule has 3 nitrogen and oxygen atoms in total. The van der Waals surface area contributed by atoms with Crippen LogP contribution in [0.25, 0.3) is 10.8 Å². The van der Waals surface area contributed by atoms with Gasteiger partial charge in [0, 0.05) is 35.9 Å². The molecule has 27 heavy (non-hydrogen) atoms. The van der Waals surface area contributed by atoms with Crippen LogP contribution < -0.4 is 10.1 Å². The van der Waals surface area contributed by atoms with Crippen molar-refractivity contribution in [3.05, 3.63) is 71.8 Å². The molecule has 0 bridgehead atoms. The van der Waals surface area contributed by atoms with Gasteiger partial charge in [-0.05, 0) is 72.9 Å². The first-order valence-corrected chi connectivity index (χ1v) is 9.77. The second-order valence-electron chi connectivity index (χ2n) is 7.76. The van der Waals surface area contributed by atoms with Gasteiger partial charge in [0.25, 0.3) is 0 Å². The first-order chi connectivity index (χ1) is 13.3. The number of rotatable bonds is 6. The first kappa shape index (κ1) is 16.7. The fourth-order valence-electron chi connectivity index (χ4n) is 3.89. The lowest BCUT2D eigenvalue weighted by Crippen LogP contribution is -2.46. The van der Waals surface area contributed by atoms with Crippen LogP contribution in [0.1, 0.15) is 42.7 Å². The molecule has 2 saturated carbocycles. The molecular formula is C23H23FN2O. The smallest absolute Gasteiger partial charge is 0.128 e. The van der Waals surface area contributed by atoms with Crippen LogP contribution in [0.2, 0.25) is 0 Å². The van der Waals surface area contributed by atoms with E-state index in [0.717, 1.165) is 40.8 Å². The van der Waals surface area contributed by atoms with Gasteiger partial charge in [0.15, 0.2) is 0 Å². The van der Waals surface area contributed by atoms with Crippen LogP contribution in [0.15, 0.2) is 54.9 Å². The van der Waals surface area contributed by atoms with Crippen LogP contribution in [-0.2, 0) is 6.54 Å². The van der Waals surface area contributed by atoms with Crippen molar-refractivity contribution in [1.29, 1.82) is 0 Å². The lowest BCUT2D eigenvalue weighted by molar-refractivity contribution is 0.0842. The third-order valence-corrected chi connectivity index (χ3v) is 5.77. The molecule has 1 aromatic heterocycles. The van der Waals surface area contributed by atoms with Crippen molar-refractivity contribution in [2.24, 2.45) is 0 Å². The standard InChI is InChI=1S/C23H23FN2O/c24-23-8-5-17-13-25-10-9-21(17)22(23)14-26-18-11-20(12-18)27-19-6-3-16(4-7-19)15-1-2-15/h3-10,13,15,18,20,26H,1-2,11-12,14H2. The first-order valence-electron chi connectivity index (χ1n) is 9.77. The van der Waals surface area contributed by atoms with E-state index < -0.39 is 0 Å². The Balaban J connectivity index is 1.15. The van der Waals surface area contributed by atoms with Crippen molar-refractivity contribution in [2.45, 2.75) is 50.3 Å². The molecule has 2 aliphatic rings. The molecule has 0 amide bonds. The zero-order chi connectivity index (χ0) is 18.2. The molecule has 0 atom stereocenters. The maximum atomic E-state index is 14.3. The quantitative estimate of drug-likeness (QED) is 0.674. The number of nitrogens with one attached hydrogen (secondary N) is 1. The van der Waals surface area contributed by atoms with Gasteiger partial charge in [-0.25, -0.2) is 4.39 Å². The van der Waals surface area contributed by atoms with Crippen molar-refractivity contribution in [3.63, 3.8) is 0 Å². The molecule has 1 N–H and O–H groups in total. The van der Waals surface area contributed by atoms with Crippen LogP contribution >= 0.6 is 0 Å². The van der Waals surface area contributed by atoms with E-state index in [1.165, 1.54) is 24.5 Å². The second kappa shape index (κ2) is 6.93. The summed E-state index contributed by atoms with van der Waals surface area (Å²) in [7, 11) is 0. The summed E-state index contributed by atoms with van der Waals surface area (Å²) < 4.78 is 20.3. The summed E-state index contributed by atoms with van der Waals surface area (Å²) in [4.78, 5) is 4.12. The van der Waals surface area contributed by atoms with Crippen LogP contribution in [0, 0.1) is 5.82 Å². The van der Waals surface area contributed by atoms with E-state index in [4.69, 9.17) is 4.74 Å². The summed E-state index contributed by atoms with van der Waals surface area (Å²) >= 11 is 0. The van der Waals surface area contributed by atoms with Crippen LogP contribution in [-0.4, -0.2) is 17.1 Å². The summed E-state index contributed by atoms with van der Waals surface area (Å²) in [6.45, 7) is 0.528. The van der Waals surface area contributed by atoms with Crippen molar-refractivity contribution in [3.8, 4) is 5.75 Å². The van der Waals surface area contributed by atoms with Crippen LogP contribution in [0.4, 0.5) is 4.39 Å². The van der Waals surface area contributed by atoms with Crippen LogP contribution in [0.3, 0.4) is 0 Å². The number of benzene rings is 2. The highest BCUT2D eigenvalue weighted by Gasteiger charge is 2.31. The molecule has 3 aromatic rings. The van der Waals surface area contributed by atoms with Gasteiger partial charge in [0.2, 0.25) is 0 Å². The molecule has 4 heteroatoms. The number of halogens is 1. The van der Waals surface area contributed by atoms with Gasteiger partial charge in [-0.15, -0.1) is 0 Å². The van der Waals surface area contributed by atoms with Gasteiger partial charge >= 0.3 is 0 Å². The Morgan fingerprint density at radius 3 is 2.63 bits per heavy atom. The topological polar surface area (TPSA) is 34.2 Å². The van der Waals surface area contributed by atoms with Crippen molar-refractivity contribution >= 4 is 10.8 Å². The number of ether oxygens (including phenoxy) is 1. The highest BCUT2D eigenvalue weighted by atomic mass is 19.1. The predicted octanol–water partition coefficient (Wildman–Crippen LogP) is 4.95. The van der Waals surface area contributed by atoms with E-state index in [-0.39, 0.29) is 11.9 Å². The monoisotopic (exact) mass is 362 g/mol. The number of nitrogens with zero attached hydrogens (tertiary/aromatic N) is 1. The summed E-state index contributed by atoms with van der Waals surface area (Å²) in [6.07, 6.45) is 8.30. The Morgan fingerprint density at radius 1 is 1.04 bits per heavy atom. The molecule has 138 valence electrons. The lowest BCUT2D eigenvalue weighted by Gasteiger charge is -2.36. The predicted molar refractivity (Wildman–Crippen MR) is 104 cm³/mol. The largest absolute Gasteiger partial charge is 0.490 e. The van der Waals surface area contributed by atoms with E-state index in [9.17, 15) is 4.39 Å². The minimum atomic E-state index is -0.163. The average molecular weight is 362 g/mol. The van der Waals surface area contributed by atoms with E-state index in [0.29, 0.717) is 12.6 Å².